The Morgan fingerprint density at radius 1 is 1.00 bits per heavy atom. The van der Waals surface area contributed by atoms with Crippen LogP contribution in [0.3, 0.4) is 0 Å². The van der Waals surface area contributed by atoms with Gasteiger partial charge >= 0.3 is 0 Å². The summed E-state index contributed by atoms with van der Waals surface area (Å²) >= 11 is 0. The standard InChI is InChI=1S/C26H33N5O2/c1-27-26(28-17-20-9-3-4-10-22(20)19-31-16-8-15-30-31)29-18-21-11-7-14-24(32-2)25(21)33-23-12-5-6-13-23/h3-4,7-11,14-16,23H,5-6,12-13,17-19H2,1-2H3,(H2,27,28,29). The Labute approximate surface area is 195 Å². The number of rotatable bonds is 9. The minimum Gasteiger partial charge on any atom is -0.493 e. The fourth-order valence-electron chi connectivity index (χ4n) is 4.20. The molecule has 1 saturated carbocycles. The molecule has 4 rings (SSSR count). The molecule has 33 heavy (non-hydrogen) atoms. The van der Waals surface area contributed by atoms with Gasteiger partial charge in [-0.2, -0.15) is 5.10 Å². The lowest BCUT2D eigenvalue weighted by molar-refractivity contribution is 0.198. The van der Waals surface area contributed by atoms with E-state index < -0.39 is 0 Å². The molecule has 7 nitrogen and oxygen atoms in total. The molecule has 2 N–H and O–H groups in total. The molecule has 3 aromatic rings. The summed E-state index contributed by atoms with van der Waals surface area (Å²) < 4.78 is 13.9. The first-order valence-electron chi connectivity index (χ1n) is 11.6. The van der Waals surface area contributed by atoms with Gasteiger partial charge in [0, 0.05) is 38.1 Å². The average molecular weight is 448 g/mol. The van der Waals surface area contributed by atoms with Crippen molar-refractivity contribution in [3.63, 3.8) is 0 Å². The van der Waals surface area contributed by atoms with E-state index in [2.05, 4.69) is 51.1 Å². The fourth-order valence-corrected chi connectivity index (χ4v) is 4.20. The number of guanidine groups is 1. The van der Waals surface area contributed by atoms with Crippen LogP contribution < -0.4 is 20.1 Å². The van der Waals surface area contributed by atoms with E-state index in [4.69, 9.17) is 9.47 Å². The van der Waals surface area contributed by atoms with Crippen LogP contribution in [0.15, 0.2) is 65.9 Å². The van der Waals surface area contributed by atoms with Crippen LogP contribution in [0.2, 0.25) is 0 Å². The maximum atomic E-state index is 6.36. The first kappa shape index (κ1) is 22.7. The van der Waals surface area contributed by atoms with Crippen LogP contribution >= 0.6 is 0 Å². The molecule has 174 valence electrons. The summed E-state index contributed by atoms with van der Waals surface area (Å²) in [6.45, 7) is 2.00. The van der Waals surface area contributed by atoms with E-state index in [1.54, 1.807) is 20.4 Å². The zero-order chi connectivity index (χ0) is 22.9. The number of aromatic nitrogens is 2. The van der Waals surface area contributed by atoms with Gasteiger partial charge in [0.25, 0.3) is 0 Å². The Morgan fingerprint density at radius 2 is 1.73 bits per heavy atom. The lowest BCUT2D eigenvalue weighted by Crippen LogP contribution is -2.36. The Balaban J connectivity index is 1.39. The van der Waals surface area contributed by atoms with Gasteiger partial charge in [-0.1, -0.05) is 36.4 Å². The number of methoxy groups -OCH3 is 1. The van der Waals surface area contributed by atoms with Gasteiger partial charge in [0.05, 0.1) is 19.8 Å². The molecule has 1 aliphatic rings. The third-order valence-electron chi connectivity index (χ3n) is 5.99. The number of aliphatic imine (C=N–C) groups is 1. The molecule has 0 radical (unpaired) electrons. The van der Waals surface area contributed by atoms with Crippen molar-refractivity contribution in [2.45, 2.75) is 51.4 Å². The molecule has 0 saturated heterocycles. The number of nitrogens with zero attached hydrogens (tertiary/aromatic N) is 3. The second-order valence-corrected chi connectivity index (χ2v) is 8.22. The largest absolute Gasteiger partial charge is 0.493 e. The second kappa shape index (κ2) is 11.4. The van der Waals surface area contributed by atoms with Crippen LogP contribution in [0, 0.1) is 0 Å². The number of hydrogen-bond donors (Lipinski definition) is 2. The summed E-state index contributed by atoms with van der Waals surface area (Å²) in [4.78, 5) is 4.40. The van der Waals surface area contributed by atoms with Crippen molar-refractivity contribution in [3.8, 4) is 11.5 Å². The molecule has 1 aliphatic carbocycles. The fraction of sp³-hybridized carbons (Fsp3) is 0.385. The molecule has 0 aliphatic heterocycles. The van der Waals surface area contributed by atoms with Gasteiger partial charge in [-0.25, -0.2) is 0 Å². The first-order valence-corrected chi connectivity index (χ1v) is 11.6. The monoisotopic (exact) mass is 447 g/mol. The van der Waals surface area contributed by atoms with Gasteiger partial charge in [-0.3, -0.25) is 9.67 Å². The van der Waals surface area contributed by atoms with E-state index in [1.807, 2.05) is 29.1 Å². The van der Waals surface area contributed by atoms with Crippen molar-refractivity contribution < 1.29 is 9.47 Å². The summed E-state index contributed by atoms with van der Waals surface area (Å²) in [5.41, 5.74) is 3.50. The zero-order valence-electron chi connectivity index (χ0n) is 19.5. The lowest BCUT2D eigenvalue weighted by Gasteiger charge is -2.20. The number of para-hydroxylation sites is 1. The molecule has 1 aromatic heterocycles. The Hall–Kier alpha value is -3.48. The van der Waals surface area contributed by atoms with Crippen LogP contribution in [0.25, 0.3) is 0 Å². The summed E-state index contributed by atoms with van der Waals surface area (Å²) in [6, 6.07) is 16.4. The van der Waals surface area contributed by atoms with Gasteiger partial charge in [0.15, 0.2) is 17.5 Å². The minimum absolute atomic E-state index is 0.267. The Morgan fingerprint density at radius 3 is 2.42 bits per heavy atom. The first-order chi connectivity index (χ1) is 16.3. The molecule has 0 atom stereocenters. The quantitative estimate of drug-likeness (QED) is 0.381. The number of ether oxygens (including phenoxy) is 2. The van der Waals surface area contributed by atoms with Crippen LogP contribution in [0.4, 0.5) is 0 Å². The number of hydrogen-bond acceptors (Lipinski definition) is 4. The summed E-state index contributed by atoms with van der Waals surface area (Å²) in [5.74, 6) is 2.34. The molecule has 1 fully saturated rings. The van der Waals surface area contributed by atoms with Crippen molar-refractivity contribution in [3.05, 3.63) is 77.6 Å². The van der Waals surface area contributed by atoms with E-state index in [0.717, 1.165) is 42.4 Å². The highest BCUT2D eigenvalue weighted by molar-refractivity contribution is 5.79. The minimum atomic E-state index is 0.267. The molecular weight excluding hydrogens is 414 g/mol. The van der Waals surface area contributed by atoms with Crippen LogP contribution in [0.1, 0.15) is 42.4 Å². The summed E-state index contributed by atoms with van der Waals surface area (Å²) in [5, 5.41) is 11.2. The number of benzene rings is 2. The summed E-state index contributed by atoms with van der Waals surface area (Å²) in [6.07, 6.45) is 8.71. The van der Waals surface area contributed by atoms with Crippen LogP contribution in [-0.4, -0.2) is 36.0 Å². The van der Waals surface area contributed by atoms with E-state index in [0.29, 0.717) is 13.1 Å². The highest BCUT2D eigenvalue weighted by atomic mass is 16.5. The SMILES string of the molecule is CN=C(NCc1ccccc1Cn1cccn1)NCc1cccc(OC)c1OC1CCCC1. The van der Waals surface area contributed by atoms with E-state index in [1.165, 1.54) is 24.0 Å². The maximum Gasteiger partial charge on any atom is 0.191 e. The zero-order valence-corrected chi connectivity index (χ0v) is 19.5. The van der Waals surface area contributed by atoms with Gasteiger partial charge in [0.2, 0.25) is 0 Å². The van der Waals surface area contributed by atoms with Crippen molar-refractivity contribution >= 4 is 5.96 Å². The van der Waals surface area contributed by atoms with Gasteiger partial charge in [0.1, 0.15) is 0 Å². The molecule has 1 heterocycles. The van der Waals surface area contributed by atoms with Crippen molar-refractivity contribution in [1.29, 1.82) is 0 Å². The van der Waals surface area contributed by atoms with Crippen LogP contribution in [0.5, 0.6) is 11.5 Å². The molecular formula is C26H33N5O2. The van der Waals surface area contributed by atoms with E-state index in [9.17, 15) is 0 Å². The lowest BCUT2D eigenvalue weighted by atomic mass is 10.1. The van der Waals surface area contributed by atoms with Crippen molar-refractivity contribution in [2.75, 3.05) is 14.2 Å². The highest BCUT2D eigenvalue weighted by Crippen LogP contribution is 2.34. The molecule has 0 bridgehead atoms. The predicted molar refractivity (Wildman–Crippen MR) is 131 cm³/mol. The van der Waals surface area contributed by atoms with Gasteiger partial charge < -0.3 is 20.1 Å². The molecule has 0 spiro atoms. The normalized spacial score (nSPS) is 14.3. The van der Waals surface area contributed by atoms with E-state index in [-0.39, 0.29) is 6.10 Å². The second-order valence-electron chi connectivity index (χ2n) is 8.22. The topological polar surface area (TPSA) is 72.7 Å². The third kappa shape index (κ3) is 6.06. The summed E-state index contributed by atoms with van der Waals surface area (Å²) in [7, 11) is 3.47. The molecule has 0 unspecified atom stereocenters. The Bertz CT molecular complexity index is 1040. The van der Waals surface area contributed by atoms with Crippen LogP contribution in [-0.2, 0) is 19.6 Å². The maximum absolute atomic E-state index is 6.36. The highest BCUT2D eigenvalue weighted by Gasteiger charge is 2.20. The molecule has 7 heteroatoms. The Kier molecular flexibility index (Phi) is 7.85. The number of nitrogens with one attached hydrogen (secondary N) is 2. The van der Waals surface area contributed by atoms with Gasteiger partial charge in [-0.15, -0.1) is 0 Å². The van der Waals surface area contributed by atoms with Crippen molar-refractivity contribution in [1.82, 2.24) is 20.4 Å². The average Bonchev–Trinajstić information content (AvgIpc) is 3.55. The smallest absolute Gasteiger partial charge is 0.191 e. The third-order valence-corrected chi connectivity index (χ3v) is 5.99. The van der Waals surface area contributed by atoms with Crippen molar-refractivity contribution in [2.24, 2.45) is 4.99 Å². The molecule has 0 amide bonds. The van der Waals surface area contributed by atoms with E-state index >= 15 is 0 Å². The molecule has 2 aromatic carbocycles. The predicted octanol–water partition coefficient (Wildman–Crippen LogP) is 4.13. The van der Waals surface area contributed by atoms with Gasteiger partial charge in [-0.05, 0) is 48.9 Å².